The first kappa shape index (κ1) is 16.1. The zero-order valence-electron chi connectivity index (χ0n) is 12.5. The van der Waals surface area contributed by atoms with Gasteiger partial charge in [0.15, 0.2) is 0 Å². The van der Waals surface area contributed by atoms with Crippen molar-refractivity contribution in [3.8, 4) is 0 Å². The van der Waals surface area contributed by atoms with Crippen molar-refractivity contribution in [2.75, 3.05) is 5.32 Å². The maximum absolute atomic E-state index is 12.4. The smallest absolute Gasteiger partial charge is 0.307 e. The number of nitro groups is 1. The van der Waals surface area contributed by atoms with Crippen LogP contribution in [-0.4, -0.2) is 36.3 Å². The van der Waals surface area contributed by atoms with E-state index in [-0.39, 0.29) is 17.1 Å². The maximum atomic E-state index is 12.4. The van der Waals surface area contributed by atoms with Gasteiger partial charge < -0.3 is 11.1 Å². The third kappa shape index (κ3) is 3.17. The average molecular weight is 321 g/mol. The Morgan fingerprint density at radius 1 is 1.43 bits per heavy atom. The van der Waals surface area contributed by atoms with Gasteiger partial charge in [-0.25, -0.2) is 0 Å². The minimum absolute atomic E-state index is 0.0552. The molecule has 0 spiro atoms. The first-order valence-corrected chi connectivity index (χ1v) is 6.66. The fourth-order valence-electron chi connectivity index (χ4n) is 2.12. The lowest BCUT2D eigenvalue weighted by Crippen LogP contribution is -2.27. The highest BCUT2D eigenvalue weighted by molar-refractivity contribution is 6.02. The van der Waals surface area contributed by atoms with Gasteiger partial charge in [0.25, 0.3) is 5.91 Å². The summed E-state index contributed by atoms with van der Waals surface area (Å²) in [6.07, 6.45) is 3.88. The van der Waals surface area contributed by atoms with Crippen LogP contribution in [0.3, 0.4) is 0 Å². The van der Waals surface area contributed by atoms with E-state index in [2.05, 4.69) is 15.5 Å². The summed E-state index contributed by atoms with van der Waals surface area (Å²) in [4.78, 5) is 33.9. The van der Waals surface area contributed by atoms with Gasteiger partial charge in [0.2, 0.25) is 5.91 Å². The molecule has 0 radical (unpaired) electrons. The fraction of sp³-hybridized carbons (Fsp3) is 0.333. The highest BCUT2D eigenvalue weighted by Gasteiger charge is 2.24. The van der Waals surface area contributed by atoms with Gasteiger partial charge in [-0.15, -0.1) is 0 Å². The van der Waals surface area contributed by atoms with Crippen LogP contribution >= 0.6 is 0 Å². The first-order chi connectivity index (χ1) is 10.8. The third-order valence-corrected chi connectivity index (χ3v) is 3.24. The summed E-state index contributed by atoms with van der Waals surface area (Å²) >= 11 is 0. The van der Waals surface area contributed by atoms with Crippen LogP contribution < -0.4 is 11.1 Å². The monoisotopic (exact) mass is 321 g/mol. The van der Waals surface area contributed by atoms with Gasteiger partial charge in [0.05, 0.1) is 16.8 Å². The van der Waals surface area contributed by atoms with Crippen molar-refractivity contribution in [3.63, 3.8) is 0 Å². The van der Waals surface area contributed by atoms with Crippen LogP contribution in [0.25, 0.3) is 0 Å². The van der Waals surface area contributed by atoms with E-state index < -0.39 is 22.8 Å². The van der Waals surface area contributed by atoms with Gasteiger partial charge in [-0.05, 0) is 6.42 Å². The largest absolute Gasteiger partial charge is 0.364 e. The number of amides is 2. The number of nitrogens with two attached hydrogens (primary N) is 1. The Bertz CT molecular complexity index is 763. The van der Waals surface area contributed by atoms with Crippen molar-refractivity contribution in [3.05, 3.63) is 34.4 Å². The molecule has 1 unspecified atom stereocenters. The lowest BCUT2D eigenvalue weighted by molar-refractivity contribution is -0.385. The van der Waals surface area contributed by atoms with E-state index in [4.69, 9.17) is 5.73 Å². The summed E-state index contributed by atoms with van der Waals surface area (Å²) in [5.41, 5.74) is 5.26. The van der Waals surface area contributed by atoms with Crippen LogP contribution in [0.1, 0.15) is 29.9 Å². The van der Waals surface area contributed by atoms with Crippen molar-refractivity contribution < 1.29 is 14.5 Å². The molecule has 0 aliphatic carbocycles. The SMILES string of the molecule is CCC(C(=O)Nc1cnn(C)c1C(N)=O)n1cc([N+](=O)[O-])cn1. The van der Waals surface area contributed by atoms with Crippen molar-refractivity contribution >= 4 is 23.2 Å². The van der Waals surface area contributed by atoms with Crippen molar-refractivity contribution in [2.24, 2.45) is 12.8 Å². The van der Waals surface area contributed by atoms with Crippen molar-refractivity contribution in [1.29, 1.82) is 0 Å². The highest BCUT2D eigenvalue weighted by Crippen LogP contribution is 2.20. The Balaban J connectivity index is 2.24. The molecular formula is C12H15N7O4. The Kier molecular flexibility index (Phi) is 4.39. The second-order valence-electron chi connectivity index (χ2n) is 4.74. The standard InChI is InChI=1S/C12H15N7O4/c1-3-9(18-6-7(4-15-18)19(22)23)12(21)16-8-5-14-17(2)10(8)11(13)20/h4-6,9H,3H2,1-2H3,(H2,13,20)(H,16,21). The zero-order valence-corrected chi connectivity index (χ0v) is 12.5. The molecule has 0 aliphatic rings. The van der Waals surface area contributed by atoms with E-state index in [0.717, 1.165) is 6.20 Å². The van der Waals surface area contributed by atoms with Crippen LogP contribution in [-0.2, 0) is 11.8 Å². The summed E-state index contributed by atoms with van der Waals surface area (Å²) < 4.78 is 2.45. The molecule has 2 amide bonds. The molecule has 0 aromatic carbocycles. The number of hydrogen-bond acceptors (Lipinski definition) is 6. The number of aromatic nitrogens is 4. The lowest BCUT2D eigenvalue weighted by atomic mass is 10.2. The molecule has 23 heavy (non-hydrogen) atoms. The molecule has 2 aromatic rings. The number of hydrogen-bond donors (Lipinski definition) is 2. The topological polar surface area (TPSA) is 151 Å². The Morgan fingerprint density at radius 2 is 2.13 bits per heavy atom. The minimum Gasteiger partial charge on any atom is -0.364 e. The maximum Gasteiger partial charge on any atom is 0.307 e. The second-order valence-corrected chi connectivity index (χ2v) is 4.74. The molecule has 0 aliphatic heterocycles. The second kappa shape index (κ2) is 6.25. The van der Waals surface area contributed by atoms with E-state index in [1.807, 2.05) is 0 Å². The van der Waals surface area contributed by atoms with E-state index in [9.17, 15) is 19.7 Å². The molecular weight excluding hydrogens is 306 g/mol. The number of anilines is 1. The normalized spacial score (nSPS) is 11.9. The molecule has 1 atom stereocenters. The molecule has 0 saturated heterocycles. The van der Waals surface area contributed by atoms with Crippen LogP contribution in [0, 0.1) is 10.1 Å². The van der Waals surface area contributed by atoms with Gasteiger partial charge in [-0.2, -0.15) is 10.2 Å². The molecule has 11 nitrogen and oxygen atoms in total. The first-order valence-electron chi connectivity index (χ1n) is 6.66. The number of aryl methyl sites for hydroxylation is 1. The van der Waals surface area contributed by atoms with Gasteiger partial charge >= 0.3 is 5.69 Å². The highest BCUT2D eigenvalue weighted by atomic mass is 16.6. The molecule has 11 heteroatoms. The number of carbonyl (C=O) groups excluding carboxylic acids is 2. The minimum atomic E-state index is -0.773. The van der Waals surface area contributed by atoms with Crippen LogP contribution in [0.5, 0.6) is 0 Å². The molecule has 2 rings (SSSR count). The Labute approximate surface area is 130 Å². The molecule has 0 saturated carbocycles. The van der Waals surface area contributed by atoms with Gasteiger partial charge in [0.1, 0.15) is 24.1 Å². The van der Waals surface area contributed by atoms with E-state index in [1.54, 1.807) is 6.92 Å². The number of primary amides is 1. The van der Waals surface area contributed by atoms with Crippen LogP contribution in [0.15, 0.2) is 18.6 Å². The lowest BCUT2D eigenvalue weighted by Gasteiger charge is -2.14. The van der Waals surface area contributed by atoms with Crippen molar-refractivity contribution in [1.82, 2.24) is 19.6 Å². The van der Waals surface area contributed by atoms with Gasteiger partial charge in [0, 0.05) is 7.05 Å². The molecule has 2 aromatic heterocycles. The molecule has 122 valence electrons. The van der Waals surface area contributed by atoms with E-state index in [1.165, 1.54) is 28.8 Å². The number of rotatable bonds is 6. The number of nitrogens with one attached hydrogen (secondary N) is 1. The Morgan fingerprint density at radius 3 is 2.65 bits per heavy atom. The van der Waals surface area contributed by atoms with E-state index >= 15 is 0 Å². The average Bonchev–Trinajstić information content (AvgIpc) is 3.07. The van der Waals surface area contributed by atoms with Crippen LogP contribution in [0.4, 0.5) is 11.4 Å². The molecule has 2 heterocycles. The Hall–Kier alpha value is -3.24. The molecule has 3 N–H and O–H groups in total. The quantitative estimate of drug-likeness (QED) is 0.573. The summed E-state index contributed by atoms with van der Waals surface area (Å²) in [7, 11) is 1.52. The zero-order chi connectivity index (χ0) is 17.1. The summed E-state index contributed by atoms with van der Waals surface area (Å²) in [6, 6.07) is -0.773. The molecule has 0 bridgehead atoms. The number of nitrogens with zero attached hydrogens (tertiary/aromatic N) is 5. The predicted octanol–water partition coefficient (Wildman–Crippen LogP) is 0.213. The summed E-state index contributed by atoms with van der Waals surface area (Å²) in [5, 5.41) is 20.9. The fourth-order valence-corrected chi connectivity index (χ4v) is 2.12. The van der Waals surface area contributed by atoms with Crippen LogP contribution in [0.2, 0.25) is 0 Å². The third-order valence-electron chi connectivity index (χ3n) is 3.24. The van der Waals surface area contributed by atoms with Gasteiger partial charge in [-0.3, -0.25) is 29.1 Å². The number of carbonyl (C=O) groups is 2. The van der Waals surface area contributed by atoms with E-state index in [0.29, 0.717) is 6.42 Å². The predicted molar refractivity (Wildman–Crippen MR) is 78.6 cm³/mol. The van der Waals surface area contributed by atoms with Crippen molar-refractivity contribution in [2.45, 2.75) is 19.4 Å². The summed E-state index contributed by atoms with van der Waals surface area (Å²) in [5.74, 6) is -1.22. The van der Waals surface area contributed by atoms with Gasteiger partial charge in [-0.1, -0.05) is 6.92 Å². The molecule has 0 fully saturated rings. The summed E-state index contributed by atoms with van der Waals surface area (Å²) in [6.45, 7) is 1.73.